The van der Waals surface area contributed by atoms with Crippen LogP contribution < -0.4 is 0 Å². The summed E-state index contributed by atoms with van der Waals surface area (Å²) in [4.78, 5) is 4.30. The molecule has 0 aliphatic carbocycles. The number of hydrogen-bond acceptors (Lipinski definition) is 2. The Morgan fingerprint density at radius 3 is 2.42 bits per heavy atom. The second-order valence-corrected chi connectivity index (χ2v) is 3.83. The number of halogens is 1. The Kier molecular flexibility index (Phi) is 2.90. The second-order valence-electron chi connectivity index (χ2n) is 3.08. The molecule has 0 atom stereocenters. The zero-order chi connectivity index (χ0) is 9.30. The van der Waals surface area contributed by atoms with Gasteiger partial charge in [0.2, 0.25) is 0 Å². The highest BCUT2D eigenvalue weighted by Crippen LogP contribution is 2.21. The molecular formula is C8H13BrN2O. The van der Waals surface area contributed by atoms with Gasteiger partial charge in [-0.15, -0.1) is 0 Å². The summed E-state index contributed by atoms with van der Waals surface area (Å²) in [6.07, 6.45) is 0. The van der Waals surface area contributed by atoms with Crippen LogP contribution in [0.2, 0.25) is 0 Å². The molecule has 0 bridgehead atoms. The van der Waals surface area contributed by atoms with E-state index in [4.69, 9.17) is 5.11 Å². The van der Waals surface area contributed by atoms with E-state index in [1.54, 1.807) is 0 Å². The van der Waals surface area contributed by atoms with Gasteiger partial charge in [0.1, 0.15) is 10.4 Å². The van der Waals surface area contributed by atoms with Crippen LogP contribution in [0.25, 0.3) is 0 Å². The molecule has 3 nitrogen and oxygen atoms in total. The van der Waals surface area contributed by atoms with E-state index in [1.807, 2.05) is 11.6 Å². The number of rotatable bonds is 2. The minimum Gasteiger partial charge on any atom is -0.390 e. The summed E-state index contributed by atoms with van der Waals surface area (Å²) in [7, 11) is 1.92. The van der Waals surface area contributed by atoms with Gasteiger partial charge in [0.25, 0.3) is 0 Å². The first-order chi connectivity index (χ1) is 5.57. The smallest absolute Gasteiger partial charge is 0.130 e. The highest BCUT2D eigenvalue weighted by Gasteiger charge is 2.13. The van der Waals surface area contributed by atoms with Crippen molar-refractivity contribution in [3.8, 4) is 0 Å². The van der Waals surface area contributed by atoms with Gasteiger partial charge in [-0.05, 0) is 15.9 Å². The molecule has 0 aliphatic heterocycles. The van der Waals surface area contributed by atoms with Gasteiger partial charge in [0, 0.05) is 13.0 Å². The maximum absolute atomic E-state index is 9.00. The van der Waals surface area contributed by atoms with Crippen molar-refractivity contribution in [3.05, 3.63) is 16.1 Å². The summed E-state index contributed by atoms with van der Waals surface area (Å²) in [6.45, 7) is 4.18. The van der Waals surface area contributed by atoms with Crippen LogP contribution in [0.15, 0.2) is 4.60 Å². The number of imidazole rings is 1. The van der Waals surface area contributed by atoms with Gasteiger partial charge in [-0.3, -0.25) is 0 Å². The lowest BCUT2D eigenvalue weighted by atomic mass is 10.2. The van der Waals surface area contributed by atoms with Gasteiger partial charge < -0.3 is 9.67 Å². The third kappa shape index (κ3) is 1.54. The minimum absolute atomic E-state index is 0.0246. The fourth-order valence-corrected chi connectivity index (χ4v) is 1.78. The zero-order valence-electron chi connectivity index (χ0n) is 7.50. The molecule has 4 heteroatoms. The molecule has 0 amide bonds. The molecule has 68 valence electrons. The average molecular weight is 233 g/mol. The molecule has 12 heavy (non-hydrogen) atoms. The standard InChI is InChI=1S/C8H13BrN2O/c1-5(2)8-10-7(9)6(4-12)11(8)3/h5,12H,4H2,1-3H3. The van der Waals surface area contributed by atoms with E-state index < -0.39 is 0 Å². The maximum atomic E-state index is 9.00. The van der Waals surface area contributed by atoms with Gasteiger partial charge in [0.15, 0.2) is 0 Å². The summed E-state index contributed by atoms with van der Waals surface area (Å²) < 4.78 is 2.67. The third-order valence-corrected chi connectivity index (χ3v) is 2.50. The number of nitrogens with zero attached hydrogens (tertiary/aromatic N) is 2. The van der Waals surface area contributed by atoms with E-state index in [-0.39, 0.29) is 6.61 Å². The van der Waals surface area contributed by atoms with Crippen molar-refractivity contribution in [1.82, 2.24) is 9.55 Å². The quantitative estimate of drug-likeness (QED) is 0.845. The third-order valence-electron chi connectivity index (χ3n) is 1.87. The molecule has 0 aliphatic rings. The summed E-state index contributed by atoms with van der Waals surface area (Å²) in [5.41, 5.74) is 0.832. The van der Waals surface area contributed by atoms with Crippen molar-refractivity contribution in [3.63, 3.8) is 0 Å². The first-order valence-electron chi connectivity index (χ1n) is 3.89. The molecular weight excluding hydrogens is 220 g/mol. The van der Waals surface area contributed by atoms with Crippen LogP contribution >= 0.6 is 15.9 Å². The topological polar surface area (TPSA) is 38.1 Å². The molecule has 1 aromatic rings. The Morgan fingerprint density at radius 2 is 2.17 bits per heavy atom. The van der Waals surface area contributed by atoms with Crippen LogP contribution in [0.1, 0.15) is 31.3 Å². The van der Waals surface area contributed by atoms with Gasteiger partial charge in [-0.1, -0.05) is 13.8 Å². The predicted octanol–water partition coefficient (Wildman–Crippen LogP) is 1.80. The molecule has 1 aromatic heterocycles. The highest BCUT2D eigenvalue weighted by atomic mass is 79.9. The molecule has 0 radical (unpaired) electrons. The van der Waals surface area contributed by atoms with Crippen LogP contribution in [-0.2, 0) is 13.7 Å². The minimum atomic E-state index is 0.0246. The van der Waals surface area contributed by atoms with Crippen LogP contribution in [0, 0.1) is 0 Å². The van der Waals surface area contributed by atoms with E-state index in [9.17, 15) is 0 Å². The van der Waals surface area contributed by atoms with Gasteiger partial charge >= 0.3 is 0 Å². The summed E-state index contributed by atoms with van der Waals surface area (Å²) in [5, 5.41) is 9.00. The Hall–Kier alpha value is -0.350. The van der Waals surface area contributed by atoms with Crippen molar-refractivity contribution < 1.29 is 5.11 Å². The molecule has 0 unspecified atom stereocenters. The molecule has 1 N–H and O–H groups in total. The lowest BCUT2D eigenvalue weighted by Crippen LogP contribution is -2.03. The Morgan fingerprint density at radius 1 is 1.58 bits per heavy atom. The number of aliphatic hydroxyl groups excluding tert-OH is 1. The number of aromatic nitrogens is 2. The van der Waals surface area contributed by atoms with Crippen molar-refractivity contribution in [1.29, 1.82) is 0 Å². The molecule has 0 spiro atoms. The number of hydrogen-bond donors (Lipinski definition) is 1. The molecule has 1 heterocycles. The van der Waals surface area contributed by atoms with Crippen LogP contribution in [0.4, 0.5) is 0 Å². The van der Waals surface area contributed by atoms with E-state index in [0.717, 1.165) is 16.1 Å². The fourth-order valence-electron chi connectivity index (χ4n) is 1.20. The molecule has 0 saturated heterocycles. The molecule has 1 rings (SSSR count). The Labute approximate surface area is 80.6 Å². The first kappa shape index (κ1) is 9.74. The van der Waals surface area contributed by atoms with Crippen molar-refractivity contribution in [2.24, 2.45) is 7.05 Å². The van der Waals surface area contributed by atoms with Crippen LogP contribution in [0.5, 0.6) is 0 Å². The summed E-state index contributed by atoms with van der Waals surface area (Å²) >= 11 is 3.30. The summed E-state index contributed by atoms with van der Waals surface area (Å²) in [5.74, 6) is 1.37. The van der Waals surface area contributed by atoms with E-state index in [0.29, 0.717) is 5.92 Å². The zero-order valence-corrected chi connectivity index (χ0v) is 9.09. The van der Waals surface area contributed by atoms with Gasteiger partial charge in [-0.2, -0.15) is 0 Å². The lowest BCUT2D eigenvalue weighted by molar-refractivity contribution is 0.271. The van der Waals surface area contributed by atoms with Crippen molar-refractivity contribution >= 4 is 15.9 Å². The first-order valence-corrected chi connectivity index (χ1v) is 4.69. The highest BCUT2D eigenvalue weighted by molar-refractivity contribution is 9.10. The SMILES string of the molecule is CC(C)c1nc(Br)c(CO)n1C. The van der Waals surface area contributed by atoms with Crippen LogP contribution in [0.3, 0.4) is 0 Å². The van der Waals surface area contributed by atoms with E-state index in [1.165, 1.54) is 0 Å². The van der Waals surface area contributed by atoms with Gasteiger partial charge in [-0.25, -0.2) is 4.98 Å². The molecule has 0 saturated carbocycles. The average Bonchev–Trinajstić information content (AvgIpc) is 2.27. The largest absolute Gasteiger partial charge is 0.390 e. The van der Waals surface area contributed by atoms with Crippen molar-refractivity contribution in [2.75, 3.05) is 0 Å². The fraction of sp³-hybridized carbons (Fsp3) is 0.625. The number of aliphatic hydroxyl groups is 1. The maximum Gasteiger partial charge on any atom is 0.130 e. The monoisotopic (exact) mass is 232 g/mol. The Bertz CT molecular complexity index is 281. The molecule has 0 fully saturated rings. The second kappa shape index (κ2) is 3.58. The Balaban J connectivity index is 3.17. The lowest BCUT2D eigenvalue weighted by Gasteiger charge is -2.05. The normalized spacial score (nSPS) is 11.2. The van der Waals surface area contributed by atoms with Crippen molar-refractivity contribution in [2.45, 2.75) is 26.4 Å². The summed E-state index contributed by atoms with van der Waals surface area (Å²) in [6, 6.07) is 0. The predicted molar refractivity (Wildman–Crippen MR) is 50.9 cm³/mol. The van der Waals surface area contributed by atoms with E-state index in [2.05, 4.69) is 34.8 Å². The van der Waals surface area contributed by atoms with Gasteiger partial charge in [0.05, 0.1) is 12.3 Å². The van der Waals surface area contributed by atoms with Crippen LogP contribution in [-0.4, -0.2) is 14.7 Å². The van der Waals surface area contributed by atoms with E-state index >= 15 is 0 Å². The molecule has 0 aromatic carbocycles.